The van der Waals surface area contributed by atoms with E-state index in [1.165, 1.54) is 109 Å². The molecule has 3 unspecified atom stereocenters. The molecule has 0 aromatic carbocycles. The van der Waals surface area contributed by atoms with Crippen LogP contribution in [0.5, 0.6) is 0 Å². The van der Waals surface area contributed by atoms with Crippen LogP contribution in [0.4, 0.5) is 0 Å². The van der Waals surface area contributed by atoms with E-state index in [4.69, 9.17) is 9.05 Å². The van der Waals surface area contributed by atoms with Crippen LogP contribution in [0.2, 0.25) is 0 Å². The van der Waals surface area contributed by atoms with E-state index in [0.717, 1.165) is 44.9 Å². The maximum absolute atomic E-state index is 12.7. The Bertz CT molecular complexity index is 789. The predicted octanol–water partition coefficient (Wildman–Crippen LogP) is 10.0. The van der Waals surface area contributed by atoms with Crippen molar-refractivity contribution in [3.63, 3.8) is 0 Å². The van der Waals surface area contributed by atoms with Gasteiger partial charge in [-0.3, -0.25) is 13.8 Å². The number of carbonyl (C=O) groups is 1. The molecule has 0 fully saturated rings. The first-order valence-corrected chi connectivity index (χ1v) is 21.1. The van der Waals surface area contributed by atoms with E-state index in [1.807, 2.05) is 27.2 Å². The molecule has 0 heterocycles. The van der Waals surface area contributed by atoms with Crippen LogP contribution < -0.4 is 5.32 Å². The third-order valence-electron chi connectivity index (χ3n) is 8.76. The Morgan fingerprint density at radius 1 is 0.702 bits per heavy atom. The number of hydrogen-bond donors (Lipinski definition) is 3. The third kappa shape index (κ3) is 33.5. The number of quaternary nitrogens is 1. The van der Waals surface area contributed by atoms with E-state index in [-0.39, 0.29) is 19.1 Å². The number of aliphatic hydroxyl groups excluding tert-OH is 1. The van der Waals surface area contributed by atoms with Gasteiger partial charge in [0.25, 0.3) is 0 Å². The number of carbonyl (C=O) groups excluding carboxylic acids is 1. The Labute approximate surface area is 291 Å². The van der Waals surface area contributed by atoms with Crippen molar-refractivity contribution in [2.75, 3.05) is 40.9 Å². The summed E-state index contributed by atoms with van der Waals surface area (Å²) in [5, 5.41) is 13.6. The maximum atomic E-state index is 12.7. The second-order valence-corrected chi connectivity index (χ2v) is 16.1. The molecule has 0 rings (SSSR count). The number of phosphoric ester groups is 1. The molecule has 47 heavy (non-hydrogen) atoms. The van der Waals surface area contributed by atoms with Gasteiger partial charge in [0.15, 0.2) is 0 Å². The van der Waals surface area contributed by atoms with Gasteiger partial charge in [-0.1, -0.05) is 161 Å². The standard InChI is InChI=1S/C38H77N2O6P/c1-6-8-10-12-14-15-16-17-18-19-20-21-22-23-24-25-26-28-30-32-38(42)39-36(37(41)31-29-27-13-11-9-7-2)35-46-47(43,44)45-34-33-40(3,4)5/h29,31,36-37,41H,6-28,30,32-35H2,1-5H3,(H-,39,42,43,44)/p+1/b31-29+. The Morgan fingerprint density at radius 3 is 1.57 bits per heavy atom. The first-order valence-electron chi connectivity index (χ1n) is 19.6. The van der Waals surface area contributed by atoms with E-state index in [1.54, 1.807) is 6.08 Å². The second-order valence-electron chi connectivity index (χ2n) is 14.7. The summed E-state index contributed by atoms with van der Waals surface area (Å²) in [7, 11) is 1.57. The molecule has 280 valence electrons. The highest BCUT2D eigenvalue weighted by Gasteiger charge is 2.27. The lowest BCUT2D eigenvalue weighted by Crippen LogP contribution is -2.45. The first-order chi connectivity index (χ1) is 22.5. The molecule has 1 amide bonds. The molecule has 3 N–H and O–H groups in total. The van der Waals surface area contributed by atoms with Crippen LogP contribution >= 0.6 is 7.82 Å². The summed E-state index contributed by atoms with van der Waals surface area (Å²) in [5.74, 6) is -0.181. The Kier molecular flexibility index (Phi) is 30.7. The zero-order chi connectivity index (χ0) is 35.1. The van der Waals surface area contributed by atoms with Crippen LogP contribution in [-0.2, 0) is 18.4 Å². The van der Waals surface area contributed by atoms with E-state index in [9.17, 15) is 19.4 Å². The topological polar surface area (TPSA) is 105 Å². The summed E-state index contributed by atoms with van der Waals surface area (Å²) < 4.78 is 23.3. The first kappa shape index (κ1) is 46.2. The number of allylic oxidation sites excluding steroid dienone is 1. The van der Waals surface area contributed by atoms with Crippen LogP contribution in [0.15, 0.2) is 12.2 Å². The minimum absolute atomic E-state index is 0.0634. The SMILES string of the molecule is CCCCCC/C=C/C(O)C(COP(=O)(O)OCC[N+](C)(C)C)NC(=O)CCCCCCCCCCCCCCCCCCCCC. The number of amides is 1. The molecule has 0 aliphatic heterocycles. The highest BCUT2D eigenvalue weighted by Crippen LogP contribution is 2.43. The number of nitrogens with zero attached hydrogens (tertiary/aromatic N) is 1. The number of phosphoric acid groups is 1. The molecule has 9 heteroatoms. The van der Waals surface area contributed by atoms with Crippen molar-refractivity contribution in [2.24, 2.45) is 0 Å². The van der Waals surface area contributed by atoms with Gasteiger partial charge in [-0.15, -0.1) is 0 Å². The lowest BCUT2D eigenvalue weighted by Gasteiger charge is -2.25. The zero-order valence-electron chi connectivity index (χ0n) is 31.5. The molecule has 0 aliphatic rings. The predicted molar refractivity (Wildman–Crippen MR) is 198 cm³/mol. The lowest BCUT2D eigenvalue weighted by molar-refractivity contribution is -0.870. The quantitative estimate of drug-likeness (QED) is 0.0265. The molecule has 0 aliphatic carbocycles. The van der Waals surface area contributed by atoms with Crippen molar-refractivity contribution in [3.8, 4) is 0 Å². The van der Waals surface area contributed by atoms with Crippen LogP contribution in [0.3, 0.4) is 0 Å². The maximum Gasteiger partial charge on any atom is 0.472 e. The number of unbranched alkanes of at least 4 members (excludes halogenated alkanes) is 22. The smallest absolute Gasteiger partial charge is 0.387 e. The van der Waals surface area contributed by atoms with Gasteiger partial charge < -0.3 is 19.8 Å². The van der Waals surface area contributed by atoms with E-state index >= 15 is 0 Å². The van der Waals surface area contributed by atoms with Gasteiger partial charge >= 0.3 is 7.82 Å². The number of rotatable bonds is 35. The van der Waals surface area contributed by atoms with Crippen LogP contribution in [0.1, 0.15) is 174 Å². The Balaban J connectivity index is 4.20. The fraction of sp³-hybridized carbons (Fsp3) is 0.921. The Morgan fingerprint density at radius 2 is 1.13 bits per heavy atom. The summed E-state index contributed by atoms with van der Waals surface area (Å²) in [6.45, 7) is 4.73. The van der Waals surface area contributed by atoms with E-state index in [0.29, 0.717) is 17.4 Å². The fourth-order valence-electron chi connectivity index (χ4n) is 5.57. The minimum Gasteiger partial charge on any atom is -0.387 e. The highest BCUT2D eigenvalue weighted by atomic mass is 31.2. The van der Waals surface area contributed by atoms with Gasteiger partial charge in [-0.2, -0.15) is 0 Å². The largest absolute Gasteiger partial charge is 0.472 e. The number of likely N-dealkylation sites (N-methyl/N-ethyl adjacent to an activating group) is 1. The van der Waals surface area contributed by atoms with Crippen molar-refractivity contribution in [1.82, 2.24) is 5.32 Å². The van der Waals surface area contributed by atoms with Crippen molar-refractivity contribution in [2.45, 2.75) is 187 Å². The molecule has 3 atom stereocenters. The summed E-state index contributed by atoms with van der Waals surface area (Å²) in [4.78, 5) is 22.9. The molecule has 0 aromatic heterocycles. The number of nitrogens with one attached hydrogen (secondary N) is 1. The highest BCUT2D eigenvalue weighted by molar-refractivity contribution is 7.47. The average Bonchev–Trinajstić information content (AvgIpc) is 3.01. The third-order valence-corrected chi connectivity index (χ3v) is 9.74. The molecule has 0 spiro atoms. The molecule has 0 bridgehead atoms. The molecule has 8 nitrogen and oxygen atoms in total. The van der Waals surface area contributed by atoms with Crippen LogP contribution in [0.25, 0.3) is 0 Å². The molecule has 0 saturated carbocycles. The molecular weight excluding hydrogens is 611 g/mol. The molecule has 0 radical (unpaired) electrons. The zero-order valence-corrected chi connectivity index (χ0v) is 32.4. The summed E-state index contributed by atoms with van der Waals surface area (Å²) in [6, 6.07) is -0.836. The molecule has 0 saturated heterocycles. The molecule has 0 aromatic rings. The summed E-state index contributed by atoms with van der Waals surface area (Å²) in [6.07, 6.45) is 33.0. The van der Waals surface area contributed by atoms with Crippen molar-refractivity contribution in [1.29, 1.82) is 0 Å². The summed E-state index contributed by atoms with van der Waals surface area (Å²) >= 11 is 0. The van der Waals surface area contributed by atoms with Crippen molar-refractivity contribution in [3.05, 3.63) is 12.2 Å². The normalized spacial score (nSPS) is 14.8. The van der Waals surface area contributed by atoms with Crippen molar-refractivity contribution < 1.29 is 32.9 Å². The summed E-state index contributed by atoms with van der Waals surface area (Å²) in [5.41, 5.74) is 0. The number of hydrogen-bond acceptors (Lipinski definition) is 5. The second kappa shape index (κ2) is 31.2. The van der Waals surface area contributed by atoms with Crippen LogP contribution in [0, 0.1) is 0 Å². The van der Waals surface area contributed by atoms with Gasteiger partial charge in [0.2, 0.25) is 5.91 Å². The van der Waals surface area contributed by atoms with E-state index in [2.05, 4.69) is 19.2 Å². The monoisotopic (exact) mass is 690 g/mol. The number of aliphatic hydroxyl groups is 1. The van der Waals surface area contributed by atoms with E-state index < -0.39 is 20.0 Å². The van der Waals surface area contributed by atoms with Crippen LogP contribution in [-0.4, -0.2) is 73.4 Å². The molecular formula is C38H78N2O6P+. The fourth-order valence-corrected chi connectivity index (χ4v) is 6.31. The van der Waals surface area contributed by atoms with Gasteiger partial charge in [0, 0.05) is 6.42 Å². The minimum atomic E-state index is -4.31. The Hall–Kier alpha value is -0.760. The van der Waals surface area contributed by atoms with Gasteiger partial charge in [0.1, 0.15) is 13.2 Å². The van der Waals surface area contributed by atoms with Crippen molar-refractivity contribution >= 4 is 13.7 Å². The van der Waals surface area contributed by atoms with Gasteiger partial charge in [0.05, 0.1) is 39.9 Å². The van der Waals surface area contributed by atoms with Gasteiger partial charge in [-0.25, -0.2) is 4.57 Å². The lowest BCUT2D eigenvalue weighted by atomic mass is 10.0. The average molecular weight is 690 g/mol. The van der Waals surface area contributed by atoms with Gasteiger partial charge in [-0.05, 0) is 19.3 Å².